The van der Waals surface area contributed by atoms with Crippen molar-refractivity contribution in [3.05, 3.63) is 0 Å². The van der Waals surface area contributed by atoms with Crippen molar-refractivity contribution in [2.75, 3.05) is 7.05 Å². The van der Waals surface area contributed by atoms with Crippen molar-refractivity contribution >= 4 is 12.4 Å². The zero-order valence-corrected chi connectivity index (χ0v) is 7.09. The number of rotatable bonds is 1. The number of nitrogens with one attached hydrogen (secondary N) is 1. The van der Waals surface area contributed by atoms with Crippen LogP contribution in [0.3, 0.4) is 0 Å². The Bertz CT molecular complexity index is 89.7. The van der Waals surface area contributed by atoms with E-state index in [-0.39, 0.29) is 12.4 Å². The molecule has 62 valence electrons. The highest BCUT2D eigenvalue weighted by molar-refractivity contribution is 5.85. The molecule has 0 saturated heterocycles. The molecule has 0 amide bonds. The predicted octanol–water partition coefficient (Wildman–Crippen LogP) is 1.91. The Kier molecular flexibility index (Phi) is 5.00. The van der Waals surface area contributed by atoms with Crippen LogP contribution < -0.4 is 5.32 Å². The Balaban J connectivity index is 0.000000810. The molecule has 1 aliphatic rings. The average Bonchev–Trinajstić information content (AvgIpc) is 1.88. The van der Waals surface area contributed by atoms with Crippen molar-refractivity contribution in [3.8, 4) is 0 Å². The molecular formula is C7H15ClFN. The molecule has 0 aromatic carbocycles. The van der Waals surface area contributed by atoms with E-state index in [1.54, 1.807) is 0 Å². The van der Waals surface area contributed by atoms with Gasteiger partial charge in [0.05, 0.1) is 0 Å². The minimum Gasteiger partial charge on any atom is -0.317 e. The molecule has 0 radical (unpaired) electrons. The smallest absolute Gasteiger partial charge is 0.102 e. The molecule has 0 spiro atoms. The third kappa shape index (κ3) is 2.84. The molecule has 0 bridgehead atoms. The molecule has 0 heterocycles. The van der Waals surface area contributed by atoms with Gasteiger partial charge in [0, 0.05) is 6.04 Å². The first-order valence-electron chi connectivity index (χ1n) is 3.64. The van der Waals surface area contributed by atoms with Gasteiger partial charge in [-0.15, -0.1) is 12.4 Å². The Morgan fingerprint density at radius 2 is 2.10 bits per heavy atom. The number of hydrogen-bond donors (Lipinski definition) is 1. The topological polar surface area (TPSA) is 12.0 Å². The van der Waals surface area contributed by atoms with Gasteiger partial charge >= 0.3 is 0 Å². The largest absolute Gasteiger partial charge is 0.317 e. The van der Waals surface area contributed by atoms with Gasteiger partial charge in [0.1, 0.15) is 6.17 Å². The molecule has 1 fully saturated rings. The highest BCUT2D eigenvalue weighted by Gasteiger charge is 2.19. The Hall–Kier alpha value is 0.180. The minimum absolute atomic E-state index is 0. The maximum absolute atomic E-state index is 12.6. The van der Waals surface area contributed by atoms with Gasteiger partial charge in [0.15, 0.2) is 0 Å². The number of halogens is 2. The van der Waals surface area contributed by atoms with Gasteiger partial charge in [0.25, 0.3) is 0 Å². The van der Waals surface area contributed by atoms with Crippen LogP contribution in [0.1, 0.15) is 25.7 Å². The lowest BCUT2D eigenvalue weighted by atomic mass is 9.94. The number of hydrogen-bond acceptors (Lipinski definition) is 1. The van der Waals surface area contributed by atoms with E-state index in [0.29, 0.717) is 6.04 Å². The lowest BCUT2D eigenvalue weighted by Gasteiger charge is -2.23. The molecule has 1 saturated carbocycles. The Labute approximate surface area is 67.8 Å². The summed E-state index contributed by atoms with van der Waals surface area (Å²) < 4.78 is 12.6. The van der Waals surface area contributed by atoms with Crippen molar-refractivity contribution in [2.45, 2.75) is 37.9 Å². The second kappa shape index (κ2) is 4.91. The van der Waals surface area contributed by atoms with Crippen molar-refractivity contribution in [1.29, 1.82) is 0 Å². The summed E-state index contributed by atoms with van der Waals surface area (Å²) in [6.45, 7) is 0. The summed E-state index contributed by atoms with van der Waals surface area (Å²) in [6.07, 6.45) is 3.15. The first kappa shape index (κ1) is 10.2. The van der Waals surface area contributed by atoms with Gasteiger partial charge in [0.2, 0.25) is 0 Å². The predicted molar refractivity (Wildman–Crippen MR) is 43.5 cm³/mol. The van der Waals surface area contributed by atoms with Crippen LogP contribution >= 0.6 is 12.4 Å². The first-order valence-corrected chi connectivity index (χ1v) is 3.64. The molecule has 2 atom stereocenters. The summed E-state index contributed by atoms with van der Waals surface area (Å²) in [6, 6.07) is 0.439. The van der Waals surface area contributed by atoms with Crippen molar-refractivity contribution < 1.29 is 4.39 Å². The van der Waals surface area contributed by atoms with Crippen LogP contribution in [0.15, 0.2) is 0 Å². The summed E-state index contributed by atoms with van der Waals surface area (Å²) in [5.41, 5.74) is 0. The molecule has 10 heavy (non-hydrogen) atoms. The average molecular weight is 168 g/mol. The van der Waals surface area contributed by atoms with Crippen molar-refractivity contribution in [3.63, 3.8) is 0 Å². The van der Waals surface area contributed by atoms with Gasteiger partial charge in [-0.3, -0.25) is 0 Å². The fourth-order valence-electron chi connectivity index (χ4n) is 1.39. The molecule has 1 N–H and O–H groups in total. The highest BCUT2D eigenvalue weighted by atomic mass is 35.5. The van der Waals surface area contributed by atoms with Crippen LogP contribution in [-0.4, -0.2) is 19.3 Å². The Morgan fingerprint density at radius 3 is 2.50 bits per heavy atom. The number of alkyl halides is 1. The lowest BCUT2D eigenvalue weighted by Crippen LogP contribution is -2.31. The normalized spacial score (nSPS) is 33.0. The summed E-state index contributed by atoms with van der Waals surface area (Å²) in [5.74, 6) is 0. The molecular weight excluding hydrogens is 153 g/mol. The van der Waals surface area contributed by atoms with E-state index >= 15 is 0 Å². The van der Waals surface area contributed by atoms with Crippen LogP contribution in [0, 0.1) is 0 Å². The zero-order valence-electron chi connectivity index (χ0n) is 6.27. The quantitative estimate of drug-likeness (QED) is 0.629. The molecule has 2 unspecified atom stereocenters. The van der Waals surface area contributed by atoms with Gasteiger partial charge in [-0.05, 0) is 32.7 Å². The third-order valence-electron chi connectivity index (χ3n) is 2.02. The van der Waals surface area contributed by atoms with Crippen LogP contribution in [0.25, 0.3) is 0 Å². The molecule has 1 rings (SSSR count). The van der Waals surface area contributed by atoms with Gasteiger partial charge in [-0.1, -0.05) is 0 Å². The second-order valence-electron chi connectivity index (χ2n) is 2.75. The molecule has 3 heteroatoms. The Morgan fingerprint density at radius 1 is 1.40 bits per heavy atom. The summed E-state index contributed by atoms with van der Waals surface area (Å²) in [5, 5.41) is 3.09. The fourth-order valence-corrected chi connectivity index (χ4v) is 1.39. The zero-order chi connectivity index (χ0) is 6.69. The van der Waals surface area contributed by atoms with Crippen LogP contribution in [0.2, 0.25) is 0 Å². The van der Waals surface area contributed by atoms with E-state index in [9.17, 15) is 4.39 Å². The first-order chi connectivity index (χ1) is 4.33. The maximum atomic E-state index is 12.6. The summed E-state index contributed by atoms with van der Waals surface area (Å²) >= 11 is 0. The summed E-state index contributed by atoms with van der Waals surface area (Å²) in [7, 11) is 1.91. The van der Waals surface area contributed by atoms with Crippen molar-refractivity contribution in [2.24, 2.45) is 0 Å². The fraction of sp³-hybridized carbons (Fsp3) is 1.00. The monoisotopic (exact) mass is 167 g/mol. The molecule has 0 aliphatic heterocycles. The van der Waals surface area contributed by atoms with Crippen LogP contribution in [0.4, 0.5) is 4.39 Å². The van der Waals surface area contributed by atoms with E-state index in [4.69, 9.17) is 0 Å². The van der Waals surface area contributed by atoms with Crippen LogP contribution in [0.5, 0.6) is 0 Å². The second-order valence-corrected chi connectivity index (χ2v) is 2.75. The lowest BCUT2D eigenvalue weighted by molar-refractivity contribution is 0.218. The van der Waals surface area contributed by atoms with Gasteiger partial charge in [-0.25, -0.2) is 4.39 Å². The van der Waals surface area contributed by atoms with E-state index < -0.39 is 6.17 Å². The van der Waals surface area contributed by atoms with E-state index in [1.165, 1.54) is 0 Å². The molecule has 1 aliphatic carbocycles. The SMILES string of the molecule is CNC1CCCC(F)C1.Cl. The summed E-state index contributed by atoms with van der Waals surface area (Å²) in [4.78, 5) is 0. The highest BCUT2D eigenvalue weighted by Crippen LogP contribution is 2.20. The third-order valence-corrected chi connectivity index (χ3v) is 2.02. The molecule has 0 aromatic heterocycles. The van der Waals surface area contributed by atoms with Gasteiger partial charge in [-0.2, -0.15) is 0 Å². The maximum Gasteiger partial charge on any atom is 0.102 e. The van der Waals surface area contributed by atoms with E-state index in [1.807, 2.05) is 7.05 Å². The van der Waals surface area contributed by atoms with Crippen molar-refractivity contribution in [1.82, 2.24) is 5.32 Å². The molecule has 1 nitrogen and oxygen atoms in total. The van der Waals surface area contributed by atoms with Gasteiger partial charge < -0.3 is 5.32 Å². The minimum atomic E-state index is -0.545. The van der Waals surface area contributed by atoms with E-state index in [0.717, 1.165) is 25.7 Å². The standard InChI is InChI=1S/C7H14FN.ClH/c1-9-7-4-2-3-6(8)5-7;/h6-7,9H,2-5H2,1H3;1H. The van der Waals surface area contributed by atoms with E-state index in [2.05, 4.69) is 5.32 Å². The molecule has 0 aromatic rings. The van der Waals surface area contributed by atoms with Crippen LogP contribution in [-0.2, 0) is 0 Å².